The average molecular weight is 189 g/mol. The summed E-state index contributed by atoms with van der Waals surface area (Å²) in [6.45, 7) is 2.39. The summed E-state index contributed by atoms with van der Waals surface area (Å²) in [4.78, 5) is 2.41. The number of rotatable bonds is 2. The van der Waals surface area contributed by atoms with Crippen molar-refractivity contribution in [3.8, 4) is 0 Å². The fourth-order valence-electron chi connectivity index (χ4n) is 2.20. The largest absolute Gasteiger partial charge is 0.302 e. The van der Waals surface area contributed by atoms with Gasteiger partial charge in [0.2, 0.25) is 0 Å². The van der Waals surface area contributed by atoms with Crippen LogP contribution in [-0.4, -0.2) is 25.0 Å². The van der Waals surface area contributed by atoms with Crippen LogP contribution in [0.2, 0.25) is 0 Å². The van der Waals surface area contributed by atoms with E-state index in [9.17, 15) is 0 Å². The fourth-order valence-corrected chi connectivity index (χ4v) is 2.20. The van der Waals surface area contributed by atoms with Crippen molar-refractivity contribution in [2.24, 2.45) is 0 Å². The van der Waals surface area contributed by atoms with E-state index in [2.05, 4.69) is 36.3 Å². The zero-order valence-corrected chi connectivity index (χ0v) is 9.00. The zero-order valence-electron chi connectivity index (χ0n) is 9.00. The molecule has 0 aromatic rings. The summed E-state index contributed by atoms with van der Waals surface area (Å²) < 4.78 is 0. The van der Waals surface area contributed by atoms with Gasteiger partial charge >= 0.3 is 0 Å². The molecule has 76 valence electrons. The lowest BCUT2D eigenvalue weighted by molar-refractivity contribution is 0.352. The molecule has 0 radical (unpaired) electrons. The second-order valence-corrected chi connectivity index (χ2v) is 4.36. The van der Waals surface area contributed by atoms with Crippen molar-refractivity contribution in [3.05, 3.63) is 35.5 Å². The first-order valence-corrected chi connectivity index (χ1v) is 5.55. The van der Waals surface area contributed by atoms with Crippen LogP contribution in [0.15, 0.2) is 35.5 Å². The van der Waals surface area contributed by atoms with Gasteiger partial charge < -0.3 is 4.90 Å². The molecular formula is C13H19N. The van der Waals surface area contributed by atoms with E-state index in [0.29, 0.717) is 0 Å². The second-order valence-electron chi connectivity index (χ2n) is 4.36. The average Bonchev–Trinajstić information content (AvgIpc) is 2.19. The van der Waals surface area contributed by atoms with E-state index in [1.54, 1.807) is 11.1 Å². The van der Waals surface area contributed by atoms with Crippen LogP contribution in [0.5, 0.6) is 0 Å². The van der Waals surface area contributed by atoms with E-state index < -0.39 is 0 Å². The van der Waals surface area contributed by atoms with Gasteiger partial charge in [0, 0.05) is 13.1 Å². The van der Waals surface area contributed by atoms with Crippen LogP contribution in [0, 0.1) is 0 Å². The van der Waals surface area contributed by atoms with Gasteiger partial charge in [-0.15, -0.1) is 0 Å². The van der Waals surface area contributed by atoms with Crippen molar-refractivity contribution in [2.45, 2.75) is 25.7 Å². The van der Waals surface area contributed by atoms with E-state index in [-0.39, 0.29) is 0 Å². The molecule has 0 saturated carbocycles. The highest BCUT2D eigenvalue weighted by Crippen LogP contribution is 2.22. The number of nitrogens with zero attached hydrogens (tertiary/aromatic N) is 1. The summed E-state index contributed by atoms with van der Waals surface area (Å²) >= 11 is 0. The molecule has 1 nitrogen and oxygen atoms in total. The first-order chi connectivity index (χ1) is 6.84. The molecule has 1 aliphatic carbocycles. The molecule has 0 bridgehead atoms. The normalized spacial score (nSPS) is 23.2. The maximum Gasteiger partial charge on any atom is 0.0193 e. The van der Waals surface area contributed by atoms with Gasteiger partial charge in [-0.25, -0.2) is 0 Å². The van der Waals surface area contributed by atoms with Crippen LogP contribution in [0.25, 0.3) is 0 Å². The first kappa shape index (κ1) is 9.72. The van der Waals surface area contributed by atoms with E-state index in [1.807, 2.05) is 0 Å². The quantitative estimate of drug-likeness (QED) is 0.604. The molecule has 0 saturated heterocycles. The summed E-state index contributed by atoms with van der Waals surface area (Å²) in [5.41, 5.74) is 3.22. The summed E-state index contributed by atoms with van der Waals surface area (Å²) in [6, 6.07) is 0. The summed E-state index contributed by atoms with van der Waals surface area (Å²) in [6.07, 6.45) is 14.1. The third kappa shape index (κ3) is 2.58. The molecular weight excluding hydrogens is 170 g/mol. The van der Waals surface area contributed by atoms with Gasteiger partial charge in [0.25, 0.3) is 0 Å². The smallest absolute Gasteiger partial charge is 0.0193 e. The number of hydrogen-bond donors (Lipinski definition) is 0. The van der Waals surface area contributed by atoms with Crippen molar-refractivity contribution in [1.82, 2.24) is 4.90 Å². The topological polar surface area (TPSA) is 3.24 Å². The van der Waals surface area contributed by atoms with Crippen LogP contribution in [0.3, 0.4) is 0 Å². The molecule has 0 unspecified atom stereocenters. The van der Waals surface area contributed by atoms with Gasteiger partial charge in [-0.1, -0.05) is 35.5 Å². The Morgan fingerprint density at radius 2 is 2.21 bits per heavy atom. The lowest BCUT2D eigenvalue weighted by Gasteiger charge is -2.24. The minimum Gasteiger partial charge on any atom is -0.302 e. The van der Waals surface area contributed by atoms with Crippen LogP contribution >= 0.6 is 0 Å². The van der Waals surface area contributed by atoms with Crippen molar-refractivity contribution >= 4 is 0 Å². The van der Waals surface area contributed by atoms with Gasteiger partial charge in [0.1, 0.15) is 0 Å². The fraction of sp³-hybridized carbons (Fsp3) is 0.538. The van der Waals surface area contributed by atoms with E-state index in [4.69, 9.17) is 0 Å². The van der Waals surface area contributed by atoms with Crippen LogP contribution < -0.4 is 0 Å². The van der Waals surface area contributed by atoms with E-state index >= 15 is 0 Å². The summed E-state index contributed by atoms with van der Waals surface area (Å²) in [5.74, 6) is 0. The molecule has 0 N–H and O–H groups in total. The van der Waals surface area contributed by atoms with Gasteiger partial charge in [-0.05, 0) is 32.7 Å². The minimum atomic E-state index is 1.17. The molecule has 2 rings (SSSR count). The molecule has 0 spiro atoms. The maximum absolute atomic E-state index is 2.43. The molecule has 0 amide bonds. The van der Waals surface area contributed by atoms with Crippen molar-refractivity contribution in [2.75, 3.05) is 20.1 Å². The number of likely N-dealkylation sites (N-methyl/N-ethyl adjacent to an activating group) is 1. The SMILES string of the molecule is CN1CCC=C(CC2=CC=CCC2)C1. The molecule has 1 heteroatoms. The van der Waals surface area contributed by atoms with Gasteiger partial charge in [-0.2, -0.15) is 0 Å². The van der Waals surface area contributed by atoms with Crippen LogP contribution in [-0.2, 0) is 0 Å². The molecule has 1 heterocycles. The van der Waals surface area contributed by atoms with Crippen molar-refractivity contribution < 1.29 is 0 Å². The Balaban J connectivity index is 1.93. The lowest BCUT2D eigenvalue weighted by atomic mass is 9.95. The van der Waals surface area contributed by atoms with Gasteiger partial charge in [0.15, 0.2) is 0 Å². The lowest BCUT2D eigenvalue weighted by Crippen LogP contribution is -2.25. The van der Waals surface area contributed by atoms with E-state index in [1.165, 1.54) is 38.8 Å². The molecule has 0 aromatic carbocycles. The Hall–Kier alpha value is -0.820. The third-order valence-electron chi connectivity index (χ3n) is 2.97. The standard InChI is InChI=1S/C13H19N/c1-14-9-5-8-13(11-14)10-12-6-3-2-4-7-12/h2-3,6,8H,4-5,7,9-11H2,1H3. The Bertz CT molecular complexity index is 284. The van der Waals surface area contributed by atoms with Crippen LogP contribution in [0.1, 0.15) is 25.7 Å². The second kappa shape index (κ2) is 4.61. The maximum atomic E-state index is 2.43. The van der Waals surface area contributed by atoms with Gasteiger partial charge in [0.05, 0.1) is 0 Å². The number of allylic oxidation sites excluding steroid dienone is 4. The van der Waals surface area contributed by atoms with Gasteiger partial charge in [-0.3, -0.25) is 0 Å². The predicted molar refractivity (Wildman–Crippen MR) is 61.3 cm³/mol. The zero-order chi connectivity index (χ0) is 9.80. The Kier molecular flexibility index (Phi) is 3.20. The van der Waals surface area contributed by atoms with Crippen LogP contribution in [0.4, 0.5) is 0 Å². The molecule has 1 aliphatic heterocycles. The highest BCUT2D eigenvalue weighted by atomic mass is 15.1. The first-order valence-electron chi connectivity index (χ1n) is 5.55. The summed E-state index contributed by atoms with van der Waals surface area (Å²) in [5, 5.41) is 0. The third-order valence-corrected chi connectivity index (χ3v) is 2.97. The molecule has 0 aromatic heterocycles. The summed E-state index contributed by atoms with van der Waals surface area (Å²) in [7, 11) is 2.21. The van der Waals surface area contributed by atoms with Crippen molar-refractivity contribution in [1.29, 1.82) is 0 Å². The highest BCUT2D eigenvalue weighted by Gasteiger charge is 2.10. The van der Waals surface area contributed by atoms with Crippen molar-refractivity contribution in [3.63, 3.8) is 0 Å². The molecule has 0 atom stereocenters. The van der Waals surface area contributed by atoms with E-state index in [0.717, 1.165) is 0 Å². The Morgan fingerprint density at radius 3 is 2.93 bits per heavy atom. The number of hydrogen-bond acceptors (Lipinski definition) is 1. The molecule has 2 aliphatic rings. The minimum absolute atomic E-state index is 1.17. The Labute approximate surface area is 86.8 Å². The monoisotopic (exact) mass is 189 g/mol. The molecule has 14 heavy (non-hydrogen) atoms. The highest BCUT2D eigenvalue weighted by molar-refractivity contribution is 5.24. The predicted octanol–water partition coefficient (Wildman–Crippen LogP) is 2.91. The molecule has 0 fully saturated rings. The Morgan fingerprint density at radius 1 is 1.29 bits per heavy atom.